The van der Waals surface area contributed by atoms with Gasteiger partial charge in [0.15, 0.2) is 0 Å². The van der Waals surface area contributed by atoms with Crippen LogP contribution in [0.25, 0.3) is 10.9 Å². The lowest BCUT2D eigenvalue weighted by molar-refractivity contribution is 0.350. The predicted octanol–water partition coefficient (Wildman–Crippen LogP) is 4.07. The van der Waals surface area contributed by atoms with E-state index in [1.807, 2.05) is 24.5 Å². The number of nitrogens with zero attached hydrogens (tertiary/aromatic N) is 4. The van der Waals surface area contributed by atoms with Gasteiger partial charge in [-0.15, -0.1) is 0 Å². The van der Waals surface area contributed by atoms with Crippen LogP contribution in [0, 0.1) is 5.92 Å². The minimum Gasteiger partial charge on any atom is -0.479 e. The van der Waals surface area contributed by atoms with Crippen LogP contribution >= 0.6 is 0 Å². The zero-order chi connectivity index (χ0) is 20.1. The Morgan fingerprint density at radius 3 is 2.55 bits per heavy atom. The Bertz CT molecular complexity index is 938. The summed E-state index contributed by atoms with van der Waals surface area (Å²) in [5, 5.41) is 8.01. The van der Waals surface area contributed by atoms with Gasteiger partial charge in [0.2, 0.25) is 11.8 Å². The third-order valence-electron chi connectivity index (χ3n) is 5.63. The molecule has 7 heteroatoms. The van der Waals surface area contributed by atoms with Crippen LogP contribution in [0.5, 0.6) is 5.88 Å². The molecule has 3 aromatic rings. The molecule has 29 heavy (non-hydrogen) atoms. The van der Waals surface area contributed by atoms with Crippen molar-refractivity contribution < 1.29 is 4.74 Å². The smallest absolute Gasteiger partial charge is 0.240 e. The standard InChI is InChI=1S/C22H28N6O/c1-3-15-12-24-22(25-13-15)26-14-16-4-7-18(8-5-16)27-19-9-6-17-10-11-23-21(29-2)20(17)28-19/h6,9-13,16,18H,3-5,7-8,14H2,1-2H3,(H,27,28)(H,24,25,26). The van der Waals surface area contributed by atoms with Crippen LogP contribution in [0.2, 0.25) is 0 Å². The van der Waals surface area contributed by atoms with Crippen molar-refractivity contribution in [3.8, 4) is 5.88 Å². The summed E-state index contributed by atoms with van der Waals surface area (Å²) < 4.78 is 5.34. The van der Waals surface area contributed by atoms with Gasteiger partial charge in [0.25, 0.3) is 0 Å². The second kappa shape index (κ2) is 9.03. The fraction of sp³-hybridized carbons (Fsp3) is 0.455. The highest BCUT2D eigenvalue weighted by atomic mass is 16.5. The third-order valence-corrected chi connectivity index (χ3v) is 5.63. The van der Waals surface area contributed by atoms with Crippen LogP contribution in [0.1, 0.15) is 38.2 Å². The number of pyridine rings is 2. The van der Waals surface area contributed by atoms with Gasteiger partial charge in [0, 0.05) is 36.6 Å². The Balaban J connectivity index is 1.29. The Labute approximate surface area is 171 Å². The summed E-state index contributed by atoms with van der Waals surface area (Å²) in [6.45, 7) is 3.04. The summed E-state index contributed by atoms with van der Waals surface area (Å²) in [5.41, 5.74) is 1.96. The molecule has 1 aliphatic rings. The largest absolute Gasteiger partial charge is 0.479 e. The Morgan fingerprint density at radius 2 is 1.83 bits per heavy atom. The lowest BCUT2D eigenvalue weighted by atomic mass is 9.86. The first-order valence-corrected chi connectivity index (χ1v) is 10.4. The first-order valence-electron chi connectivity index (χ1n) is 10.4. The average Bonchev–Trinajstić information content (AvgIpc) is 2.78. The Hall–Kier alpha value is -2.96. The lowest BCUT2D eigenvalue weighted by Crippen LogP contribution is -2.29. The lowest BCUT2D eigenvalue weighted by Gasteiger charge is -2.29. The first-order chi connectivity index (χ1) is 14.2. The van der Waals surface area contributed by atoms with Crippen LogP contribution < -0.4 is 15.4 Å². The molecule has 7 nitrogen and oxygen atoms in total. The highest BCUT2D eigenvalue weighted by Crippen LogP contribution is 2.28. The number of anilines is 2. The number of nitrogens with one attached hydrogen (secondary N) is 2. The van der Waals surface area contributed by atoms with Crippen molar-refractivity contribution in [2.45, 2.75) is 45.1 Å². The highest BCUT2D eigenvalue weighted by Gasteiger charge is 2.21. The summed E-state index contributed by atoms with van der Waals surface area (Å²) >= 11 is 0. The van der Waals surface area contributed by atoms with E-state index in [0.29, 0.717) is 17.8 Å². The van der Waals surface area contributed by atoms with Crippen molar-refractivity contribution in [1.29, 1.82) is 0 Å². The average molecular weight is 393 g/mol. The van der Waals surface area contributed by atoms with Crippen molar-refractivity contribution in [2.24, 2.45) is 5.92 Å². The summed E-state index contributed by atoms with van der Waals surface area (Å²) in [4.78, 5) is 17.7. The van der Waals surface area contributed by atoms with Crippen molar-refractivity contribution >= 4 is 22.7 Å². The van der Waals surface area contributed by atoms with Gasteiger partial charge in [0.1, 0.15) is 11.3 Å². The number of aryl methyl sites for hydroxylation is 1. The molecule has 0 aromatic carbocycles. The maximum atomic E-state index is 5.34. The molecule has 152 valence electrons. The monoisotopic (exact) mass is 392 g/mol. The highest BCUT2D eigenvalue weighted by molar-refractivity contribution is 5.84. The van der Waals surface area contributed by atoms with E-state index in [1.54, 1.807) is 13.3 Å². The van der Waals surface area contributed by atoms with Crippen molar-refractivity contribution in [1.82, 2.24) is 19.9 Å². The zero-order valence-corrected chi connectivity index (χ0v) is 17.1. The normalized spacial score (nSPS) is 19.1. The van der Waals surface area contributed by atoms with E-state index in [0.717, 1.165) is 54.0 Å². The van der Waals surface area contributed by atoms with Gasteiger partial charge >= 0.3 is 0 Å². The molecule has 0 atom stereocenters. The van der Waals surface area contributed by atoms with Gasteiger partial charge in [-0.2, -0.15) is 0 Å². The predicted molar refractivity (Wildman–Crippen MR) is 115 cm³/mol. The van der Waals surface area contributed by atoms with Crippen LogP contribution in [0.15, 0.2) is 36.8 Å². The van der Waals surface area contributed by atoms with Gasteiger partial charge in [-0.3, -0.25) is 0 Å². The topological polar surface area (TPSA) is 84.9 Å². The molecule has 2 N–H and O–H groups in total. The molecule has 0 aliphatic heterocycles. The molecule has 0 saturated heterocycles. The third kappa shape index (κ3) is 4.72. The summed E-state index contributed by atoms with van der Waals surface area (Å²) in [7, 11) is 1.63. The van der Waals surface area contributed by atoms with E-state index in [1.165, 1.54) is 12.8 Å². The van der Waals surface area contributed by atoms with Crippen molar-refractivity contribution in [2.75, 3.05) is 24.3 Å². The molecule has 4 rings (SSSR count). The molecule has 1 fully saturated rings. The van der Waals surface area contributed by atoms with Crippen molar-refractivity contribution in [3.05, 3.63) is 42.4 Å². The van der Waals surface area contributed by atoms with Gasteiger partial charge in [-0.1, -0.05) is 6.92 Å². The zero-order valence-electron chi connectivity index (χ0n) is 17.1. The van der Waals surface area contributed by atoms with Gasteiger partial charge < -0.3 is 15.4 Å². The van der Waals surface area contributed by atoms with E-state index < -0.39 is 0 Å². The second-order valence-electron chi connectivity index (χ2n) is 7.60. The van der Waals surface area contributed by atoms with E-state index in [9.17, 15) is 0 Å². The molecule has 0 unspecified atom stereocenters. The second-order valence-corrected chi connectivity index (χ2v) is 7.60. The fourth-order valence-corrected chi connectivity index (χ4v) is 3.84. The number of hydrogen-bond acceptors (Lipinski definition) is 7. The molecule has 1 aliphatic carbocycles. The fourth-order valence-electron chi connectivity index (χ4n) is 3.84. The maximum absolute atomic E-state index is 5.34. The number of methoxy groups -OCH3 is 1. The first kappa shape index (κ1) is 19.4. The van der Waals surface area contributed by atoms with Crippen LogP contribution in [0.4, 0.5) is 11.8 Å². The van der Waals surface area contributed by atoms with E-state index in [2.05, 4.69) is 38.6 Å². The number of aromatic nitrogens is 4. The van der Waals surface area contributed by atoms with Crippen molar-refractivity contribution in [3.63, 3.8) is 0 Å². The van der Waals surface area contributed by atoms with Gasteiger partial charge in [0.05, 0.1) is 7.11 Å². The molecule has 0 bridgehead atoms. The van der Waals surface area contributed by atoms with E-state index in [-0.39, 0.29) is 0 Å². The van der Waals surface area contributed by atoms with Gasteiger partial charge in [-0.25, -0.2) is 19.9 Å². The molecular formula is C22H28N6O. The molecule has 0 spiro atoms. The Morgan fingerprint density at radius 1 is 1.03 bits per heavy atom. The summed E-state index contributed by atoms with van der Waals surface area (Å²) in [6, 6.07) is 6.49. The Kier molecular flexibility index (Phi) is 6.03. The maximum Gasteiger partial charge on any atom is 0.240 e. The number of rotatable bonds is 7. The molecular weight excluding hydrogens is 364 g/mol. The van der Waals surface area contributed by atoms with Gasteiger partial charge in [-0.05, 0) is 61.8 Å². The van der Waals surface area contributed by atoms with E-state index in [4.69, 9.17) is 9.72 Å². The molecule has 0 radical (unpaired) electrons. The molecule has 1 saturated carbocycles. The molecule has 3 heterocycles. The number of hydrogen-bond donors (Lipinski definition) is 2. The van der Waals surface area contributed by atoms with Crippen LogP contribution in [-0.4, -0.2) is 39.6 Å². The number of ether oxygens (including phenoxy) is 1. The van der Waals surface area contributed by atoms with E-state index >= 15 is 0 Å². The number of fused-ring (bicyclic) bond motifs is 1. The molecule has 0 amide bonds. The van der Waals surface area contributed by atoms with Crippen LogP contribution in [-0.2, 0) is 6.42 Å². The summed E-state index contributed by atoms with van der Waals surface area (Å²) in [5.74, 6) is 2.83. The molecule has 3 aromatic heterocycles. The quantitative estimate of drug-likeness (QED) is 0.627. The minimum atomic E-state index is 0.443. The van der Waals surface area contributed by atoms with Crippen LogP contribution in [0.3, 0.4) is 0 Å². The minimum absolute atomic E-state index is 0.443. The SMILES string of the molecule is CCc1cnc(NCC2CCC(Nc3ccc4ccnc(OC)c4n3)CC2)nc1. The summed E-state index contributed by atoms with van der Waals surface area (Å²) in [6.07, 6.45) is 11.1.